The number of nitrogens with one attached hydrogen (secondary N) is 1. The predicted molar refractivity (Wildman–Crippen MR) is 95.7 cm³/mol. The first-order valence-corrected chi connectivity index (χ1v) is 10.3. The van der Waals surface area contributed by atoms with Crippen LogP contribution in [0.15, 0.2) is 18.2 Å². The second-order valence-electron chi connectivity index (χ2n) is 6.71. The molecule has 1 aromatic carbocycles. The van der Waals surface area contributed by atoms with Crippen molar-refractivity contribution in [3.8, 4) is 6.07 Å². The monoisotopic (exact) mass is 418 g/mol. The SMILES string of the molecule is N#Cc1ccc(NC2CCN(S(=O)(=O)N3CCOCC3)CC2)cc1C(F)(F)F. The van der Waals surface area contributed by atoms with Gasteiger partial charge in [-0.1, -0.05) is 0 Å². The molecule has 0 bridgehead atoms. The molecule has 0 atom stereocenters. The fraction of sp³-hybridized carbons (Fsp3) is 0.588. The van der Waals surface area contributed by atoms with Crippen molar-refractivity contribution in [1.29, 1.82) is 5.26 Å². The quantitative estimate of drug-likeness (QED) is 0.809. The molecule has 0 saturated carbocycles. The van der Waals surface area contributed by atoms with Crippen LogP contribution in [0.2, 0.25) is 0 Å². The minimum Gasteiger partial charge on any atom is -0.382 e. The lowest BCUT2D eigenvalue weighted by Gasteiger charge is -2.36. The highest BCUT2D eigenvalue weighted by Crippen LogP contribution is 2.34. The van der Waals surface area contributed by atoms with Gasteiger partial charge in [-0.25, -0.2) is 0 Å². The molecule has 2 aliphatic heterocycles. The molecule has 2 fully saturated rings. The van der Waals surface area contributed by atoms with Crippen LogP contribution in [0.1, 0.15) is 24.0 Å². The summed E-state index contributed by atoms with van der Waals surface area (Å²) in [6.07, 6.45) is -3.66. The van der Waals surface area contributed by atoms with Gasteiger partial charge in [-0.2, -0.15) is 35.5 Å². The van der Waals surface area contributed by atoms with E-state index < -0.39 is 27.5 Å². The summed E-state index contributed by atoms with van der Waals surface area (Å²) in [6.45, 7) is 1.98. The Morgan fingerprint density at radius 3 is 2.29 bits per heavy atom. The van der Waals surface area contributed by atoms with Gasteiger partial charge in [-0.15, -0.1) is 0 Å². The molecule has 11 heteroatoms. The van der Waals surface area contributed by atoms with Gasteiger partial charge in [0.1, 0.15) is 0 Å². The Hall–Kier alpha value is -1.87. The molecular weight excluding hydrogens is 397 g/mol. The topological polar surface area (TPSA) is 85.7 Å². The normalized spacial score (nSPS) is 20.6. The Morgan fingerprint density at radius 2 is 1.71 bits per heavy atom. The van der Waals surface area contributed by atoms with E-state index in [1.807, 2.05) is 0 Å². The van der Waals surface area contributed by atoms with E-state index >= 15 is 0 Å². The molecule has 2 aliphatic rings. The molecule has 0 amide bonds. The predicted octanol–water partition coefficient (Wildman–Crippen LogP) is 2.03. The van der Waals surface area contributed by atoms with E-state index in [9.17, 15) is 21.6 Å². The summed E-state index contributed by atoms with van der Waals surface area (Å²) in [5.74, 6) is 0. The van der Waals surface area contributed by atoms with Crippen LogP contribution in [0.25, 0.3) is 0 Å². The zero-order valence-corrected chi connectivity index (χ0v) is 15.9. The average molecular weight is 418 g/mol. The maximum absolute atomic E-state index is 13.1. The number of alkyl halides is 3. The number of rotatable bonds is 4. The van der Waals surface area contributed by atoms with Crippen LogP contribution in [0.3, 0.4) is 0 Å². The van der Waals surface area contributed by atoms with E-state index in [4.69, 9.17) is 10.00 Å². The van der Waals surface area contributed by atoms with Crippen molar-refractivity contribution < 1.29 is 26.3 Å². The first-order valence-electron chi connectivity index (χ1n) is 8.92. The average Bonchev–Trinajstić information content (AvgIpc) is 2.68. The van der Waals surface area contributed by atoms with Crippen LogP contribution in [-0.4, -0.2) is 62.5 Å². The number of ether oxygens (including phenoxy) is 1. The van der Waals surface area contributed by atoms with Gasteiger partial charge in [-0.3, -0.25) is 0 Å². The summed E-state index contributed by atoms with van der Waals surface area (Å²) < 4.78 is 72.6. The Labute approximate surface area is 161 Å². The molecule has 2 heterocycles. The fourth-order valence-electron chi connectivity index (χ4n) is 3.37. The second-order valence-corrected chi connectivity index (χ2v) is 8.64. The zero-order valence-electron chi connectivity index (χ0n) is 15.1. The first kappa shape index (κ1) is 20.9. The Balaban J connectivity index is 1.62. The lowest BCUT2D eigenvalue weighted by Crippen LogP contribution is -2.51. The highest BCUT2D eigenvalue weighted by atomic mass is 32.2. The van der Waals surface area contributed by atoms with Crippen molar-refractivity contribution in [2.24, 2.45) is 0 Å². The highest BCUT2D eigenvalue weighted by molar-refractivity contribution is 7.86. The molecule has 0 aromatic heterocycles. The number of nitrogens with zero attached hydrogens (tertiary/aromatic N) is 3. The molecule has 28 heavy (non-hydrogen) atoms. The molecule has 3 rings (SSSR count). The van der Waals surface area contributed by atoms with Crippen molar-refractivity contribution in [3.05, 3.63) is 29.3 Å². The van der Waals surface area contributed by atoms with E-state index in [1.165, 1.54) is 14.7 Å². The number of nitriles is 1. The molecule has 0 spiro atoms. The van der Waals surface area contributed by atoms with E-state index in [-0.39, 0.29) is 11.7 Å². The van der Waals surface area contributed by atoms with E-state index in [1.54, 1.807) is 6.07 Å². The van der Waals surface area contributed by atoms with Gasteiger partial charge >= 0.3 is 6.18 Å². The van der Waals surface area contributed by atoms with Crippen LogP contribution in [0.5, 0.6) is 0 Å². The van der Waals surface area contributed by atoms with Crippen LogP contribution in [0, 0.1) is 11.3 Å². The van der Waals surface area contributed by atoms with Crippen molar-refractivity contribution in [2.45, 2.75) is 25.1 Å². The van der Waals surface area contributed by atoms with Gasteiger partial charge < -0.3 is 10.1 Å². The molecule has 1 aromatic rings. The maximum Gasteiger partial charge on any atom is 0.417 e. The fourth-order valence-corrected chi connectivity index (χ4v) is 4.98. The maximum atomic E-state index is 13.1. The molecule has 0 radical (unpaired) electrons. The zero-order chi connectivity index (χ0) is 20.4. The van der Waals surface area contributed by atoms with E-state index in [0.717, 1.165) is 12.1 Å². The van der Waals surface area contributed by atoms with Crippen LogP contribution in [0.4, 0.5) is 18.9 Å². The molecule has 1 N–H and O–H groups in total. The lowest BCUT2D eigenvalue weighted by atomic mass is 10.0. The minimum atomic E-state index is -4.61. The highest BCUT2D eigenvalue weighted by Gasteiger charge is 2.35. The van der Waals surface area contributed by atoms with Crippen molar-refractivity contribution in [2.75, 3.05) is 44.7 Å². The number of anilines is 1. The second kappa shape index (κ2) is 8.24. The molecule has 154 valence electrons. The molecular formula is C17H21F3N4O3S. The van der Waals surface area contributed by atoms with E-state index in [0.29, 0.717) is 52.2 Å². The summed E-state index contributed by atoms with van der Waals surface area (Å²) in [5, 5.41) is 11.9. The number of hydrogen-bond acceptors (Lipinski definition) is 5. The van der Waals surface area contributed by atoms with Gasteiger partial charge in [-0.05, 0) is 31.0 Å². The van der Waals surface area contributed by atoms with Gasteiger partial charge in [0.25, 0.3) is 10.2 Å². The van der Waals surface area contributed by atoms with Crippen molar-refractivity contribution >= 4 is 15.9 Å². The first-order chi connectivity index (χ1) is 13.2. The summed E-state index contributed by atoms with van der Waals surface area (Å²) in [4.78, 5) is 0. The Kier molecular flexibility index (Phi) is 6.14. The Morgan fingerprint density at radius 1 is 1.11 bits per heavy atom. The van der Waals surface area contributed by atoms with Crippen LogP contribution >= 0.6 is 0 Å². The van der Waals surface area contributed by atoms with E-state index in [2.05, 4.69) is 5.32 Å². The van der Waals surface area contributed by atoms with Gasteiger partial charge in [0.2, 0.25) is 0 Å². The van der Waals surface area contributed by atoms with Crippen molar-refractivity contribution in [1.82, 2.24) is 8.61 Å². The molecule has 0 unspecified atom stereocenters. The third kappa shape index (κ3) is 4.57. The standard InChI is InChI=1S/C17H21F3N4O3S/c18-17(19,20)16-11-15(2-1-13(16)12-21)22-14-3-5-23(6-4-14)28(25,26)24-7-9-27-10-8-24/h1-2,11,14,22H,3-10H2. The third-order valence-corrected chi connectivity index (χ3v) is 6.93. The van der Waals surface area contributed by atoms with Crippen LogP contribution in [-0.2, 0) is 21.1 Å². The molecule has 7 nitrogen and oxygen atoms in total. The smallest absolute Gasteiger partial charge is 0.382 e. The van der Waals surface area contributed by atoms with Gasteiger partial charge in [0, 0.05) is 37.9 Å². The Bertz CT molecular complexity index is 840. The summed E-state index contributed by atoms with van der Waals surface area (Å²) in [6, 6.07) is 4.91. The van der Waals surface area contributed by atoms with Crippen LogP contribution < -0.4 is 5.32 Å². The number of piperidine rings is 1. The molecule has 2 saturated heterocycles. The minimum absolute atomic E-state index is 0.148. The molecule has 0 aliphatic carbocycles. The number of benzene rings is 1. The number of halogens is 3. The van der Waals surface area contributed by atoms with Crippen molar-refractivity contribution in [3.63, 3.8) is 0 Å². The van der Waals surface area contributed by atoms with Gasteiger partial charge in [0.05, 0.1) is 30.4 Å². The number of morpholine rings is 1. The largest absolute Gasteiger partial charge is 0.417 e. The van der Waals surface area contributed by atoms with Gasteiger partial charge in [0.15, 0.2) is 0 Å². The summed E-state index contributed by atoms with van der Waals surface area (Å²) >= 11 is 0. The summed E-state index contributed by atoms with van der Waals surface area (Å²) in [7, 11) is -3.54. The number of hydrogen-bond donors (Lipinski definition) is 1. The third-order valence-electron chi connectivity index (χ3n) is 4.89. The summed E-state index contributed by atoms with van der Waals surface area (Å²) in [5.41, 5.74) is -1.14. The lowest BCUT2D eigenvalue weighted by molar-refractivity contribution is -0.137.